The van der Waals surface area contributed by atoms with Gasteiger partial charge in [0.2, 0.25) is 0 Å². The van der Waals surface area contributed by atoms with Crippen molar-refractivity contribution in [3.63, 3.8) is 0 Å². The number of hydrogen-bond acceptors (Lipinski definition) is 6. The maximum absolute atomic E-state index is 12.0. The first-order valence-electron chi connectivity index (χ1n) is 6.85. The van der Waals surface area contributed by atoms with Crippen molar-refractivity contribution in [2.45, 2.75) is 39.7 Å². The number of esters is 1. The van der Waals surface area contributed by atoms with E-state index in [9.17, 15) is 4.79 Å². The number of rotatable bonds is 6. The van der Waals surface area contributed by atoms with Crippen LogP contribution < -0.4 is 5.32 Å². The summed E-state index contributed by atoms with van der Waals surface area (Å²) in [5.41, 5.74) is 1.32. The highest BCUT2D eigenvalue weighted by atomic mass is 32.1. The highest BCUT2D eigenvalue weighted by Gasteiger charge is 2.33. The second-order valence-electron chi connectivity index (χ2n) is 5.26. The van der Waals surface area contributed by atoms with Gasteiger partial charge in [0.05, 0.1) is 18.8 Å². The van der Waals surface area contributed by atoms with Gasteiger partial charge >= 0.3 is 5.97 Å². The van der Waals surface area contributed by atoms with Crippen molar-refractivity contribution in [3.8, 4) is 0 Å². The molecule has 114 valence electrons. The third-order valence-corrected chi connectivity index (χ3v) is 5.12. The van der Waals surface area contributed by atoms with Crippen LogP contribution in [0.2, 0.25) is 0 Å². The van der Waals surface area contributed by atoms with E-state index in [1.807, 2.05) is 26.2 Å². The summed E-state index contributed by atoms with van der Waals surface area (Å²) in [6.07, 6.45) is 0. The average molecular weight is 324 g/mol. The second kappa shape index (κ2) is 6.58. The topological polar surface area (TPSA) is 51.2 Å². The van der Waals surface area contributed by atoms with Gasteiger partial charge in [-0.25, -0.2) is 4.98 Å². The van der Waals surface area contributed by atoms with E-state index in [0.717, 1.165) is 17.4 Å². The molecule has 2 rings (SSSR count). The Morgan fingerprint density at radius 3 is 2.81 bits per heavy atom. The molecular formula is C15H20N2O2S2. The van der Waals surface area contributed by atoms with Crippen molar-refractivity contribution in [1.82, 2.24) is 4.98 Å². The van der Waals surface area contributed by atoms with Crippen LogP contribution in [0.5, 0.6) is 0 Å². The Hall–Kier alpha value is -1.40. The van der Waals surface area contributed by atoms with E-state index in [0.29, 0.717) is 6.61 Å². The van der Waals surface area contributed by atoms with Gasteiger partial charge in [-0.3, -0.25) is 4.79 Å². The lowest BCUT2D eigenvalue weighted by atomic mass is 9.90. The van der Waals surface area contributed by atoms with Gasteiger partial charge in [0.25, 0.3) is 0 Å². The SMILES string of the molecule is CCOC(=O)C(C)(C)c1csc(NCc2sccc2C)n1. The van der Waals surface area contributed by atoms with Crippen molar-refractivity contribution in [3.05, 3.63) is 33.0 Å². The molecule has 0 saturated carbocycles. The van der Waals surface area contributed by atoms with Crippen molar-refractivity contribution < 1.29 is 9.53 Å². The van der Waals surface area contributed by atoms with E-state index < -0.39 is 5.41 Å². The van der Waals surface area contributed by atoms with Gasteiger partial charge in [-0.1, -0.05) is 0 Å². The van der Waals surface area contributed by atoms with Gasteiger partial charge in [-0.05, 0) is 44.7 Å². The van der Waals surface area contributed by atoms with Crippen molar-refractivity contribution in [1.29, 1.82) is 0 Å². The zero-order chi connectivity index (χ0) is 15.5. The molecule has 2 aromatic heterocycles. The van der Waals surface area contributed by atoms with E-state index in [1.54, 1.807) is 11.3 Å². The summed E-state index contributed by atoms with van der Waals surface area (Å²) < 4.78 is 5.11. The lowest BCUT2D eigenvalue weighted by Gasteiger charge is -2.19. The smallest absolute Gasteiger partial charge is 0.317 e. The number of thiazole rings is 1. The molecule has 0 radical (unpaired) electrons. The summed E-state index contributed by atoms with van der Waals surface area (Å²) in [7, 11) is 0. The Morgan fingerprint density at radius 2 is 2.19 bits per heavy atom. The van der Waals surface area contributed by atoms with E-state index in [1.165, 1.54) is 21.8 Å². The molecule has 4 nitrogen and oxygen atoms in total. The minimum Gasteiger partial charge on any atom is -0.465 e. The number of thiophene rings is 1. The van der Waals surface area contributed by atoms with Crippen molar-refractivity contribution >= 4 is 33.8 Å². The largest absolute Gasteiger partial charge is 0.465 e. The fourth-order valence-electron chi connectivity index (χ4n) is 1.80. The molecule has 0 aliphatic rings. The van der Waals surface area contributed by atoms with Gasteiger partial charge in [0.15, 0.2) is 5.13 Å². The first-order chi connectivity index (χ1) is 9.95. The Kier molecular flexibility index (Phi) is 5.00. The molecule has 1 N–H and O–H groups in total. The molecule has 0 saturated heterocycles. The van der Waals surface area contributed by atoms with Crippen molar-refractivity contribution in [2.24, 2.45) is 0 Å². The Morgan fingerprint density at radius 1 is 1.43 bits per heavy atom. The molecule has 6 heteroatoms. The van der Waals surface area contributed by atoms with Crippen LogP contribution in [0.4, 0.5) is 5.13 Å². The molecule has 0 aliphatic heterocycles. The molecule has 0 bridgehead atoms. The molecule has 0 fully saturated rings. The highest BCUT2D eigenvalue weighted by Crippen LogP contribution is 2.29. The number of carbonyl (C=O) groups excluding carboxylic acids is 1. The van der Waals surface area contributed by atoms with Crippen molar-refractivity contribution in [2.75, 3.05) is 11.9 Å². The lowest BCUT2D eigenvalue weighted by molar-refractivity contribution is -0.148. The number of anilines is 1. The Balaban J connectivity index is 2.04. The summed E-state index contributed by atoms with van der Waals surface area (Å²) in [6.45, 7) is 8.74. The number of hydrogen-bond donors (Lipinski definition) is 1. The van der Waals surface area contributed by atoms with Crippen LogP contribution in [0.1, 0.15) is 36.9 Å². The fraction of sp³-hybridized carbons (Fsp3) is 0.467. The van der Waals surface area contributed by atoms with E-state index in [4.69, 9.17) is 4.74 Å². The molecule has 0 aliphatic carbocycles. The number of nitrogens with one attached hydrogen (secondary N) is 1. The number of aryl methyl sites for hydroxylation is 1. The summed E-state index contributed by atoms with van der Waals surface area (Å²) in [5.74, 6) is -0.240. The maximum Gasteiger partial charge on any atom is 0.317 e. The summed E-state index contributed by atoms with van der Waals surface area (Å²) in [5, 5.41) is 8.15. The molecule has 2 heterocycles. The Bertz CT molecular complexity index is 617. The molecule has 2 aromatic rings. The zero-order valence-corrected chi connectivity index (χ0v) is 14.4. The number of nitrogens with zero attached hydrogens (tertiary/aromatic N) is 1. The fourth-order valence-corrected chi connectivity index (χ4v) is 3.52. The third-order valence-electron chi connectivity index (χ3n) is 3.30. The van der Waals surface area contributed by atoms with Gasteiger partial charge in [0.1, 0.15) is 5.41 Å². The predicted octanol–water partition coefficient (Wildman–Crippen LogP) is 3.97. The first-order valence-corrected chi connectivity index (χ1v) is 8.61. The summed E-state index contributed by atoms with van der Waals surface area (Å²) in [6, 6.07) is 2.11. The van der Waals surface area contributed by atoms with E-state index in [2.05, 4.69) is 28.7 Å². The first kappa shape index (κ1) is 16.0. The van der Waals surface area contributed by atoms with E-state index >= 15 is 0 Å². The van der Waals surface area contributed by atoms with Gasteiger partial charge in [0, 0.05) is 10.3 Å². The number of ether oxygens (including phenoxy) is 1. The molecule has 0 amide bonds. The van der Waals surface area contributed by atoms with Crippen LogP contribution in [0.3, 0.4) is 0 Å². The van der Waals surface area contributed by atoms with Crippen LogP contribution in [-0.4, -0.2) is 17.6 Å². The molecule has 0 unspecified atom stereocenters. The van der Waals surface area contributed by atoms with Crippen LogP contribution in [0.25, 0.3) is 0 Å². The van der Waals surface area contributed by atoms with E-state index in [-0.39, 0.29) is 5.97 Å². The summed E-state index contributed by atoms with van der Waals surface area (Å²) >= 11 is 3.25. The zero-order valence-electron chi connectivity index (χ0n) is 12.7. The second-order valence-corrected chi connectivity index (χ2v) is 7.12. The van der Waals surface area contributed by atoms with Gasteiger partial charge < -0.3 is 10.1 Å². The molecular weight excluding hydrogens is 304 g/mol. The summed E-state index contributed by atoms with van der Waals surface area (Å²) in [4.78, 5) is 17.8. The third kappa shape index (κ3) is 3.63. The van der Waals surface area contributed by atoms with Gasteiger partial charge in [-0.15, -0.1) is 22.7 Å². The quantitative estimate of drug-likeness (QED) is 0.817. The van der Waals surface area contributed by atoms with Crippen LogP contribution >= 0.6 is 22.7 Å². The average Bonchev–Trinajstić information content (AvgIpc) is 3.06. The highest BCUT2D eigenvalue weighted by molar-refractivity contribution is 7.13. The number of aromatic nitrogens is 1. The minimum absolute atomic E-state index is 0.240. The lowest BCUT2D eigenvalue weighted by Crippen LogP contribution is -2.31. The standard InChI is InChI=1S/C15H20N2O2S2/c1-5-19-13(18)15(3,4)12-9-21-14(17-12)16-8-11-10(2)6-7-20-11/h6-7,9H,5,8H2,1-4H3,(H,16,17). The minimum atomic E-state index is -0.717. The predicted molar refractivity (Wildman–Crippen MR) is 88.2 cm³/mol. The number of carbonyl (C=O) groups is 1. The molecule has 0 atom stereocenters. The molecule has 21 heavy (non-hydrogen) atoms. The van der Waals surface area contributed by atoms with Crippen LogP contribution in [0, 0.1) is 6.92 Å². The monoisotopic (exact) mass is 324 g/mol. The normalized spacial score (nSPS) is 11.4. The Labute approximate surface area is 133 Å². The van der Waals surface area contributed by atoms with Crippen LogP contribution in [0.15, 0.2) is 16.8 Å². The van der Waals surface area contributed by atoms with Crippen LogP contribution in [-0.2, 0) is 21.5 Å². The maximum atomic E-state index is 12.0. The molecule has 0 spiro atoms. The molecule has 0 aromatic carbocycles. The van der Waals surface area contributed by atoms with Gasteiger partial charge in [-0.2, -0.15) is 0 Å².